The van der Waals surface area contributed by atoms with Gasteiger partial charge in [0.25, 0.3) is 0 Å². The Morgan fingerprint density at radius 2 is 1.89 bits per heavy atom. The van der Waals surface area contributed by atoms with E-state index in [1.807, 2.05) is 0 Å². The molecule has 1 aromatic rings. The van der Waals surface area contributed by atoms with Crippen LogP contribution in [0.15, 0.2) is 18.2 Å². The molecule has 1 aromatic carbocycles. The first kappa shape index (κ1) is 13.2. The number of nitriles is 1. The van der Waals surface area contributed by atoms with Crippen LogP contribution in [0, 0.1) is 17.1 Å². The number of nitrogens with one attached hydrogen (secondary N) is 1. The minimum atomic E-state index is -0.558. The quantitative estimate of drug-likeness (QED) is 0.800. The summed E-state index contributed by atoms with van der Waals surface area (Å²) >= 11 is 6.00. The Morgan fingerprint density at radius 1 is 1.22 bits per heavy atom. The lowest BCUT2D eigenvalue weighted by molar-refractivity contribution is 0.510. The van der Waals surface area contributed by atoms with Gasteiger partial charge in [-0.3, -0.25) is 0 Å². The van der Waals surface area contributed by atoms with Crippen molar-refractivity contribution in [3.8, 4) is 6.07 Å². The Bertz CT molecular complexity index is 459. The van der Waals surface area contributed by atoms with Gasteiger partial charge < -0.3 is 5.32 Å². The van der Waals surface area contributed by atoms with E-state index in [2.05, 4.69) is 11.4 Å². The lowest BCUT2D eigenvalue weighted by atomic mass is 9.91. The number of halogens is 2. The van der Waals surface area contributed by atoms with Gasteiger partial charge in [0.2, 0.25) is 0 Å². The highest BCUT2D eigenvalue weighted by atomic mass is 35.5. The van der Waals surface area contributed by atoms with Crippen molar-refractivity contribution in [3.63, 3.8) is 0 Å². The Kier molecular flexibility index (Phi) is 4.08. The fourth-order valence-corrected chi connectivity index (χ4v) is 2.66. The first-order valence-electron chi connectivity index (χ1n) is 6.30. The van der Waals surface area contributed by atoms with Gasteiger partial charge in [0.1, 0.15) is 11.4 Å². The molecule has 0 saturated heterocycles. The minimum Gasteiger partial charge on any atom is -0.366 e. The fourth-order valence-electron chi connectivity index (χ4n) is 2.45. The van der Waals surface area contributed by atoms with Gasteiger partial charge in [-0.15, -0.1) is 0 Å². The third-order valence-electron chi connectivity index (χ3n) is 3.48. The van der Waals surface area contributed by atoms with Crippen LogP contribution >= 0.6 is 11.6 Å². The van der Waals surface area contributed by atoms with Crippen molar-refractivity contribution >= 4 is 17.3 Å². The molecule has 2 nitrogen and oxygen atoms in total. The van der Waals surface area contributed by atoms with Crippen LogP contribution in [-0.4, -0.2) is 5.54 Å². The zero-order valence-electron chi connectivity index (χ0n) is 10.2. The van der Waals surface area contributed by atoms with Crippen molar-refractivity contribution in [2.24, 2.45) is 0 Å². The molecule has 0 amide bonds. The van der Waals surface area contributed by atoms with Gasteiger partial charge in [-0.1, -0.05) is 37.3 Å². The van der Waals surface area contributed by atoms with E-state index < -0.39 is 5.54 Å². The van der Waals surface area contributed by atoms with Crippen LogP contribution in [0.25, 0.3) is 0 Å². The molecule has 96 valence electrons. The Balaban J connectivity index is 2.21. The minimum absolute atomic E-state index is 0.328. The van der Waals surface area contributed by atoms with Gasteiger partial charge in [-0.05, 0) is 31.0 Å². The molecule has 0 aromatic heterocycles. The average molecular weight is 267 g/mol. The van der Waals surface area contributed by atoms with E-state index in [0.717, 1.165) is 25.7 Å². The van der Waals surface area contributed by atoms with Crippen LogP contribution in [0.3, 0.4) is 0 Å². The average Bonchev–Trinajstić information content (AvgIpc) is 2.59. The molecule has 0 atom stereocenters. The highest BCUT2D eigenvalue weighted by molar-refractivity contribution is 6.33. The second kappa shape index (κ2) is 5.58. The number of rotatable bonds is 2. The van der Waals surface area contributed by atoms with Crippen molar-refractivity contribution in [2.45, 2.75) is 44.1 Å². The summed E-state index contributed by atoms with van der Waals surface area (Å²) in [4.78, 5) is 0. The number of hydrogen-bond donors (Lipinski definition) is 1. The molecular formula is C14H16ClFN2. The van der Waals surface area contributed by atoms with E-state index in [-0.39, 0.29) is 5.82 Å². The molecular weight excluding hydrogens is 251 g/mol. The lowest BCUT2D eigenvalue weighted by Crippen LogP contribution is -2.36. The standard InChI is InChI=1S/C14H16ClFN2/c15-12-9-11(16)5-6-13(12)18-14(10-17)7-3-1-2-4-8-14/h5-6,9,18H,1-4,7-8H2. The normalized spacial score (nSPS) is 18.7. The molecule has 1 aliphatic carbocycles. The first-order valence-corrected chi connectivity index (χ1v) is 6.67. The molecule has 2 rings (SSSR count). The lowest BCUT2D eigenvalue weighted by Gasteiger charge is -2.28. The zero-order chi connectivity index (χ0) is 13.0. The third kappa shape index (κ3) is 2.94. The van der Waals surface area contributed by atoms with E-state index in [0.29, 0.717) is 10.7 Å². The van der Waals surface area contributed by atoms with Crippen LogP contribution in [0.5, 0.6) is 0 Å². The van der Waals surface area contributed by atoms with Crippen molar-refractivity contribution < 1.29 is 4.39 Å². The summed E-state index contributed by atoms with van der Waals surface area (Å²) in [5.41, 5.74) is 0.0827. The molecule has 4 heteroatoms. The summed E-state index contributed by atoms with van der Waals surface area (Å²) in [6.45, 7) is 0. The van der Waals surface area contributed by atoms with E-state index in [1.54, 1.807) is 6.07 Å². The topological polar surface area (TPSA) is 35.8 Å². The Morgan fingerprint density at radius 3 is 2.44 bits per heavy atom. The molecule has 0 aliphatic heterocycles. The van der Waals surface area contributed by atoms with Gasteiger partial charge in [-0.25, -0.2) is 4.39 Å². The summed E-state index contributed by atoms with van der Waals surface area (Å²) in [6, 6.07) is 6.61. The van der Waals surface area contributed by atoms with Crippen LogP contribution in [-0.2, 0) is 0 Å². The van der Waals surface area contributed by atoms with Crippen molar-refractivity contribution in [1.82, 2.24) is 0 Å². The number of benzene rings is 1. The molecule has 0 spiro atoms. The van der Waals surface area contributed by atoms with E-state index >= 15 is 0 Å². The van der Waals surface area contributed by atoms with Crippen LogP contribution < -0.4 is 5.32 Å². The number of anilines is 1. The smallest absolute Gasteiger partial charge is 0.125 e. The van der Waals surface area contributed by atoms with Gasteiger partial charge >= 0.3 is 0 Å². The monoisotopic (exact) mass is 266 g/mol. The third-order valence-corrected chi connectivity index (χ3v) is 3.79. The van der Waals surface area contributed by atoms with Gasteiger partial charge in [0, 0.05) is 0 Å². The second-order valence-electron chi connectivity index (χ2n) is 4.86. The zero-order valence-corrected chi connectivity index (χ0v) is 10.9. The molecule has 0 bridgehead atoms. The molecule has 0 heterocycles. The molecule has 1 N–H and O–H groups in total. The van der Waals surface area contributed by atoms with Gasteiger partial charge in [0.05, 0.1) is 16.8 Å². The molecule has 0 radical (unpaired) electrons. The van der Waals surface area contributed by atoms with Crippen LogP contribution in [0.1, 0.15) is 38.5 Å². The van der Waals surface area contributed by atoms with Crippen LogP contribution in [0.2, 0.25) is 5.02 Å². The summed E-state index contributed by atoms with van der Waals surface area (Å²) < 4.78 is 13.0. The van der Waals surface area contributed by atoms with E-state index in [9.17, 15) is 9.65 Å². The first-order chi connectivity index (χ1) is 8.65. The highest BCUT2D eigenvalue weighted by Gasteiger charge is 2.31. The highest BCUT2D eigenvalue weighted by Crippen LogP contribution is 2.33. The van der Waals surface area contributed by atoms with Crippen LogP contribution in [0.4, 0.5) is 10.1 Å². The van der Waals surface area contributed by atoms with Crippen molar-refractivity contribution in [3.05, 3.63) is 29.0 Å². The molecule has 1 fully saturated rings. The molecule has 1 saturated carbocycles. The van der Waals surface area contributed by atoms with E-state index in [1.165, 1.54) is 25.0 Å². The number of nitrogens with zero attached hydrogens (tertiary/aromatic N) is 1. The summed E-state index contributed by atoms with van der Waals surface area (Å²) in [5.74, 6) is -0.363. The molecule has 1 aliphatic rings. The van der Waals surface area contributed by atoms with Crippen molar-refractivity contribution in [2.75, 3.05) is 5.32 Å². The predicted octanol–water partition coefficient (Wildman–Crippen LogP) is 4.51. The second-order valence-corrected chi connectivity index (χ2v) is 5.26. The molecule has 18 heavy (non-hydrogen) atoms. The Labute approximate surface area is 112 Å². The fraction of sp³-hybridized carbons (Fsp3) is 0.500. The van der Waals surface area contributed by atoms with Gasteiger partial charge in [0.15, 0.2) is 0 Å². The van der Waals surface area contributed by atoms with Crippen molar-refractivity contribution in [1.29, 1.82) is 5.26 Å². The summed E-state index contributed by atoms with van der Waals surface area (Å²) in [5, 5.41) is 13.0. The maximum atomic E-state index is 13.0. The SMILES string of the molecule is N#CC1(Nc2ccc(F)cc2Cl)CCCCCC1. The Hall–Kier alpha value is -1.27. The summed E-state index contributed by atoms with van der Waals surface area (Å²) in [7, 11) is 0. The number of hydrogen-bond acceptors (Lipinski definition) is 2. The predicted molar refractivity (Wildman–Crippen MR) is 71.1 cm³/mol. The summed E-state index contributed by atoms with van der Waals surface area (Å²) in [6.07, 6.45) is 6.05. The van der Waals surface area contributed by atoms with E-state index in [4.69, 9.17) is 11.6 Å². The maximum absolute atomic E-state index is 13.0. The largest absolute Gasteiger partial charge is 0.366 e. The maximum Gasteiger partial charge on any atom is 0.125 e. The molecule has 0 unspecified atom stereocenters. The van der Waals surface area contributed by atoms with Gasteiger partial charge in [-0.2, -0.15) is 5.26 Å².